The van der Waals surface area contributed by atoms with Gasteiger partial charge in [0.05, 0.1) is 23.1 Å². The van der Waals surface area contributed by atoms with Crippen molar-refractivity contribution in [2.45, 2.75) is 6.92 Å². The fraction of sp³-hybridized carbons (Fsp3) is 0.0833. The molecule has 0 unspecified atom stereocenters. The monoisotopic (exact) mass is 275 g/mol. The van der Waals surface area contributed by atoms with Gasteiger partial charge in [-0.1, -0.05) is 11.3 Å². The summed E-state index contributed by atoms with van der Waals surface area (Å²) in [6.45, 7) is 1.92. The van der Waals surface area contributed by atoms with E-state index in [1.807, 2.05) is 6.92 Å². The molecule has 3 rings (SSSR count). The summed E-state index contributed by atoms with van der Waals surface area (Å²) in [5.74, 6) is -0.273. The second-order valence-electron chi connectivity index (χ2n) is 3.98. The summed E-state index contributed by atoms with van der Waals surface area (Å²) in [5.41, 5.74) is 8.15. The van der Waals surface area contributed by atoms with Gasteiger partial charge in [0.15, 0.2) is 5.01 Å². The Morgan fingerprint density at radius 1 is 1.21 bits per heavy atom. The van der Waals surface area contributed by atoms with Gasteiger partial charge in [-0.05, 0) is 31.2 Å². The molecule has 0 bridgehead atoms. The molecule has 0 fully saturated rings. The molecule has 7 heteroatoms. The van der Waals surface area contributed by atoms with Crippen LogP contribution in [0.15, 0.2) is 30.5 Å². The standard InChI is InChI=1S/C12H10FN5S/c1-7-10(11-16-17-12(14)19-11)6-15-18(7)9-4-2-8(13)3-5-9/h2-6H,1H3,(H2,14,17). The minimum absolute atomic E-state index is 0.273. The van der Waals surface area contributed by atoms with Gasteiger partial charge in [-0.2, -0.15) is 5.10 Å². The second-order valence-corrected chi connectivity index (χ2v) is 4.99. The Labute approximate surface area is 112 Å². The highest BCUT2D eigenvalue weighted by molar-refractivity contribution is 7.18. The average molecular weight is 275 g/mol. The van der Waals surface area contributed by atoms with Crippen LogP contribution in [-0.4, -0.2) is 20.0 Å². The van der Waals surface area contributed by atoms with Crippen molar-refractivity contribution in [3.63, 3.8) is 0 Å². The first-order valence-electron chi connectivity index (χ1n) is 5.55. The van der Waals surface area contributed by atoms with E-state index >= 15 is 0 Å². The van der Waals surface area contributed by atoms with Gasteiger partial charge >= 0.3 is 0 Å². The number of nitrogens with two attached hydrogens (primary N) is 1. The average Bonchev–Trinajstić information content (AvgIpc) is 2.97. The summed E-state index contributed by atoms with van der Waals surface area (Å²) in [7, 11) is 0. The van der Waals surface area contributed by atoms with Crippen molar-refractivity contribution in [2.75, 3.05) is 5.73 Å². The maximum Gasteiger partial charge on any atom is 0.203 e. The third-order valence-corrected chi connectivity index (χ3v) is 3.54. The van der Waals surface area contributed by atoms with Gasteiger partial charge in [0.25, 0.3) is 0 Å². The zero-order chi connectivity index (χ0) is 13.4. The van der Waals surface area contributed by atoms with Crippen molar-refractivity contribution < 1.29 is 4.39 Å². The number of nitrogen functional groups attached to an aromatic ring is 1. The quantitative estimate of drug-likeness (QED) is 0.779. The Kier molecular flexibility index (Phi) is 2.75. The molecule has 0 atom stereocenters. The van der Waals surface area contributed by atoms with Crippen LogP contribution in [0.1, 0.15) is 5.69 Å². The molecule has 3 aromatic rings. The van der Waals surface area contributed by atoms with E-state index in [9.17, 15) is 4.39 Å². The van der Waals surface area contributed by atoms with Crippen LogP contribution in [0.3, 0.4) is 0 Å². The van der Waals surface area contributed by atoms with Crippen LogP contribution in [-0.2, 0) is 0 Å². The lowest BCUT2D eigenvalue weighted by molar-refractivity contribution is 0.627. The summed E-state index contributed by atoms with van der Waals surface area (Å²) < 4.78 is 14.6. The molecule has 5 nitrogen and oxygen atoms in total. The molecule has 0 radical (unpaired) electrons. The highest BCUT2D eigenvalue weighted by Gasteiger charge is 2.13. The topological polar surface area (TPSA) is 69.6 Å². The predicted molar refractivity (Wildman–Crippen MR) is 71.6 cm³/mol. The molecule has 2 N–H and O–H groups in total. The molecule has 0 saturated heterocycles. The maximum atomic E-state index is 12.9. The van der Waals surface area contributed by atoms with Crippen LogP contribution in [0.25, 0.3) is 16.3 Å². The van der Waals surface area contributed by atoms with Crippen molar-refractivity contribution in [1.29, 1.82) is 0 Å². The normalized spacial score (nSPS) is 10.8. The lowest BCUT2D eigenvalue weighted by Crippen LogP contribution is -1.98. The van der Waals surface area contributed by atoms with Crippen molar-refractivity contribution in [3.05, 3.63) is 42.0 Å². The van der Waals surface area contributed by atoms with E-state index in [2.05, 4.69) is 15.3 Å². The molecular weight excluding hydrogens is 265 g/mol. The number of halogens is 1. The minimum atomic E-state index is -0.273. The van der Waals surface area contributed by atoms with E-state index in [-0.39, 0.29) is 5.82 Å². The van der Waals surface area contributed by atoms with E-state index < -0.39 is 0 Å². The molecule has 0 aliphatic rings. The zero-order valence-corrected chi connectivity index (χ0v) is 10.9. The lowest BCUT2D eigenvalue weighted by atomic mass is 10.2. The van der Waals surface area contributed by atoms with E-state index in [1.54, 1.807) is 23.0 Å². The molecule has 2 heterocycles. The smallest absolute Gasteiger partial charge is 0.203 e. The Bertz CT molecular complexity index is 716. The number of nitrogens with zero attached hydrogens (tertiary/aromatic N) is 4. The largest absolute Gasteiger partial charge is 0.374 e. The molecule has 0 aliphatic heterocycles. The third-order valence-electron chi connectivity index (χ3n) is 2.75. The summed E-state index contributed by atoms with van der Waals surface area (Å²) in [4.78, 5) is 0. The van der Waals surface area contributed by atoms with Gasteiger partial charge in [-0.25, -0.2) is 9.07 Å². The minimum Gasteiger partial charge on any atom is -0.374 e. The highest BCUT2D eigenvalue weighted by atomic mass is 32.1. The van der Waals surface area contributed by atoms with Crippen LogP contribution < -0.4 is 5.73 Å². The van der Waals surface area contributed by atoms with Gasteiger partial charge < -0.3 is 5.73 Å². The number of hydrogen-bond acceptors (Lipinski definition) is 5. The number of aromatic nitrogens is 4. The maximum absolute atomic E-state index is 12.9. The molecular formula is C12H10FN5S. The van der Waals surface area contributed by atoms with E-state index in [0.717, 1.165) is 22.0 Å². The SMILES string of the molecule is Cc1c(-c2nnc(N)s2)cnn1-c1ccc(F)cc1. The van der Waals surface area contributed by atoms with Gasteiger partial charge in [0, 0.05) is 0 Å². The number of hydrogen-bond donors (Lipinski definition) is 1. The zero-order valence-electron chi connectivity index (χ0n) is 10.0. The summed E-state index contributed by atoms with van der Waals surface area (Å²) >= 11 is 1.31. The molecule has 1 aromatic carbocycles. The first-order chi connectivity index (χ1) is 9.15. The second kappa shape index (κ2) is 4.43. The lowest BCUT2D eigenvalue weighted by Gasteiger charge is -2.04. The molecule has 2 aromatic heterocycles. The van der Waals surface area contributed by atoms with Crippen molar-refractivity contribution in [2.24, 2.45) is 0 Å². The Morgan fingerprint density at radius 2 is 1.95 bits per heavy atom. The van der Waals surface area contributed by atoms with Crippen LogP contribution in [0.2, 0.25) is 0 Å². The molecule has 0 saturated carbocycles. The Morgan fingerprint density at radius 3 is 2.58 bits per heavy atom. The van der Waals surface area contributed by atoms with Gasteiger partial charge in [-0.15, -0.1) is 10.2 Å². The molecule has 19 heavy (non-hydrogen) atoms. The summed E-state index contributed by atoms with van der Waals surface area (Å²) in [5, 5.41) is 13.2. The molecule has 0 amide bonds. The van der Waals surface area contributed by atoms with Crippen molar-refractivity contribution >= 4 is 16.5 Å². The third kappa shape index (κ3) is 2.08. The van der Waals surface area contributed by atoms with Crippen LogP contribution in [0.5, 0.6) is 0 Å². The van der Waals surface area contributed by atoms with E-state index in [0.29, 0.717) is 5.13 Å². The van der Waals surface area contributed by atoms with Crippen molar-refractivity contribution in [1.82, 2.24) is 20.0 Å². The first-order valence-corrected chi connectivity index (χ1v) is 6.37. The van der Waals surface area contributed by atoms with Gasteiger partial charge in [0.1, 0.15) is 5.82 Å². The number of rotatable bonds is 2. The molecule has 0 spiro atoms. The summed E-state index contributed by atoms with van der Waals surface area (Å²) in [6.07, 6.45) is 1.71. The number of benzene rings is 1. The fourth-order valence-electron chi connectivity index (χ4n) is 1.81. The van der Waals surface area contributed by atoms with Crippen LogP contribution in [0, 0.1) is 12.7 Å². The fourth-order valence-corrected chi connectivity index (χ4v) is 2.48. The van der Waals surface area contributed by atoms with Crippen molar-refractivity contribution in [3.8, 4) is 16.3 Å². The van der Waals surface area contributed by atoms with Crippen LogP contribution >= 0.6 is 11.3 Å². The molecule has 0 aliphatic carbocycles. The van der Waals surface area contributed by atoms with Gasteiger partial charge in [0.2, 0.25) is 5.13 Å². The first kappa shape index (κ1) is 11.8. The Balaban J connectivity index is 2.06. The van der Waals surface area contributed by atoms with Crippen LogP contribution in [0.4, 0.5) is 9.52 Å². The van der Waals surface area contributed by atoms with E-state index in [1.165, 1.54) is 23.5 Å². The summed E-state index contributed by atoms with van der Waals surface area (Å²) in [6, 6.07) is 6.15. The van der Waals surface area contributed by atoms with Gasteiger partial charge in [-0.3, -0.25) is 0 Å². The highest BCUT2D eigenvalue weighted by Crippen LogP contribution is 2.28. The molecule has 96 valence electrons. The Hall–Kier alpha value is -2.28. The van der Waals surface area contributed by atoms with E-state index in [4.69, 9.17) is 5.73 Å². The predicted octanol–water partition coefficient (Wildman–Crippen LogP) is 2.42. The number of anilines is 1.